The minimum Gasteiger partial charge on any atom is -0.384 e. The van der Waals surface area contributed by atoms with Crippen molar-refractivity contribution in [1.82, 2.24) is 4.72 Å². The highest BCUT2D eigenvalue weighted by atomic mass is 35.5. The molecule has 114 valence electrons. The second-order valence-corrected chi connectivity index (χ2v) is 6.96. The highest BCUT2D eigenvalue weighted by Gasteiger charge is 2.25. The normalized spacial score (nSPS) is 16.2. The van der Waals surface area contributed by atoms with Crippen LogP contribution in [0.3, 0.4) is 0 Å². The predicted molar refractivity (Wildman–Crippen MR) is 83.8 cm³/mol. The molecule has 1 aliphatic rings. The number of benzene rings is 1. The Labute approximate surface area is 128 Å². The number of allylic oxidation sites excluding steroid dienone is 1. The van der Waals surface area contributed by atoms with E-state index in [2.05, 4.69) is 10.0 Å². The van der Waals surface area contributed by atoms with Gasteiger partial charge in [0.15, 0.2) is 0 Å². The summed E-state index contributed by atoms with van der Waals surface area (Å²) in [5.74, 6) is 0.466. The van der Waals surface area contributed by atoms with Crippen LogP contribution in [0.4, 0.5) is 5.69 Å². The molecule has 1 aliphatic carbocycles. The number of anilines is 1. The SMILES string of the molecule is N=C/C(Cl)=C(\N)Nc1ccccc1S(=O)(=O)NCC1CC1. The number of halogens is 1. The van der Waals surface area contributed by atoms with E-state index in [-0.39, 0.29) is 15.7 Å². The molecule has 0 radical (unpaired) electrons. The molecule has 0 aliphatic heterocycles. The molecule has 8 heteroatoms. The standard InChI is InChI=1S/C13H17ClN4O2S/c14-10(7-15)13(16)18-11-3-1-2-4-12(11)21(19,20)17-8-9-5-6-9/h1-4,7,9,15,17-18H,5-6,8,16H2/b13-10-,15-7?. The van der Waals surface area contributed by atoms with Crippen molar-refractivity contribution in [2.24, 2.45) is 11.7 Å². The molecular weight excluding hydrogens is 312 g/mol. The second-order valence-electron chi connectivity index (χ2n) is 4.82. The molecule has 1 fully saturated rings. The molecule has 1 saturated carbocycles. The zero-order chi connectivity index (χ0) is 15.5. The Bertz CT molecular complexity index is 669. The van der Waals surface area contributed by atoms with Gasteiger partial charge in [-0.3, -0.25) is 0 Å². The average Bonchev–Trinajstić information content (AvgIpc) is 3.29. The van der Waals surface area contributed by atoms with Crippen LogP contribution in [0.15, 0.2) is 40.0 Å². The monoisotopic (exact) mass is 328 g/mol. The van der Waals surface area contributed by atoms with Gasteiger partial charge in [-0.05, 0) is 30.9 Å². The van der Waals surface area contributed by atoms with Crippen LogP contribution in [0.25, 0.3) is 0 Å². The molecule has 0 saturated heterocycles. The highest BCUT2D eigenvalue weighted by Crippen LogP contribution is 2.29. The Balaban J connectivity index is 2.25. The molecule has 0 amide bonds. The Morgan fingerprint density at radius 3 is 2.71 bits per heavy atom. The maximum atomic E-state index is 12.3. The van der Waals surface area contributed by atoms with Gasteiger partial charge >= 0.3 is 0 Å². The number of nitrogens with one attached hydrogen (secondary N) is 3. The minimum atomic E-state index is -3.61. The van der Waals surface area contributed by atoms with Gasteiger partial charge < -0.3 is 16.5 Å². The summed E-state index contributed by atoms with van der Waals surface area (Å²) in [5.41, 5.74) is 5.99. The molecule has 0 atom stereocenters. The van der Waals surface area contributed by atoms with Gasteiger partial charge in [0.05, 0.1) is 10.7 Å². The lowest BCUT2D eigenvalue weighted by molar-refractivity contribution is 0.578. The Morgan fingerprint density at radius 1 is 1.43 bits per heavy atom. The van der Waals surface area contributed by atoms with Crippen LogP contribution in [0.1, 0.15) is 12.8 Å². The number of para-hydroxylation sites is 1. The maximum absolute atomic E-state index is 12.3. The van der Waals surface area contributed by atoms with Crippen LogP contribution >= 0.6 is 11.6 Å². The third-order valence-corrected chi connectivity index (χ3v) is 4.88. The van der Waals surface area contributed by atoms with E-state index >= 15 is 0 Å². The van der Waals surface area contributed by atoms with E-state index in [9.17, 15) is 8.42 Å². The summed E-state index contributed by atoms with van der Waals surface area (Å²) in [6.45, 7) is 0.448. The predicted octanol–water partition coefficient (Wildman–Crippen LogP) is 1.80. The first-order valence-electron chi connectivity index (χ1n) is 6.45. The summed E-state index contributed by atoms with van der Waals surface area (Å²) in [6, 6.07) is 6.40. The third-order valence-electron chi connectivity index (χ3n) is 3.09. The lowest BCUT2D eigenvalue weighted by Crippen LogP contribution is -2.27. The zero-order valence-corrected chi connectivity index (χ0v) is 12.8. The summed E-state index contributed by atoms with van der Waals surface area (Å²) in [7, 11) is -3.61. The van der Waals surface area contributed by atoms with Crippen molar-refractivity contribution < 1.29 is 8.42 Å². The zero-order valence-electron chi connectivity index (χ0n) is 11.3. The van der Waals surface area contributed by atoms with E-state index in [1.165, 1.54) is 6.07 Å². The van der Waals surface area contributed by atoms with Crippen molar-refractivity contribution in [2.75, 3.05) is 11.9 Å². The van der Waals surface area contributed by atoms with E-state index in [1.807, 2.05) is 0 Å². The van der Waals surface area contributed by atoms with Gasteiger partial charge in [0.25, 0.3) is 0 Å². The number of sulfonamides is 1. The van der Waals surface area contributed by atoms with Crippen LogP contribution < -0.4 is 15.8 Å². The van der Waals surface area contributed by atoms with Gasteiger partial charge in [-0.25, -0.2) is 13.1 Å². The molecule has 0 bridgehead atoms. The fourth-order valence-corrected chi connectivity index (χ4v) is 3.04. The summed E-state index contributed by atoms with van der Waals surface area (Å²) in [6.07, 6.45) is 3.01. The summed E-state index contributed by atoms with van der Waals surface area (Å²) in [5, 5.41) is 9.77. The van der Waals surface area contributed by atoms with Gasteiger partial charge in [0.1, 0.15) is 10.7 Å². The third kappa shape index (κ3) is 4.20. The number of rotatable bonds is 7. The fourth-order valence-electron chi connectivity index (χ4n) is 1.71. The maximum Gasteiger partial charge on any atom is 0.242 e. The largest absolute Gasteiger partial charge is 0.384 e. The molecule has 5 N–H and O–H groups in total. The van der Waals surface area contributed by atoms with Gasteiger partial charge in [0, 0.05) is 12.8 Å². The van der Waals surface area contributed by atoms with Crippen LogP contribution in [0.2, 0.25) is 0 Å². The van der Waals surface area contributed by atoms with Crippen molar-refractivity contribution in [3.05, 3.63) is 35.1 Å². The van der Waals surface area contributed by atoms with Gasteiger partial charge in [0.2, 0.25) is 10.0 Å². The first kappa shape index (κ1) is 15.8. The molecule has 0 aromatic heterocycles. The highest BCUT2D eigenvalue weighted by molar-refractivity contribution is 7.89. The van der Waals surface area contributed by atoms with Crippen molar-refractivity contribution >= 4 is 33.5 Å². The quantitative estimate of drug-likeness (QED) is 0.572. The van der Waals surface area contributed by atoms with Gasteiger partial charge in [-0.15, -0.1) is 0 Å². The van der Waals surface area contributed by atoms with Gasteiger partial charge in [-0.2, -0.15) is 0 Å². The molecule has 2 rings (SSSR count). The van der Waals surface area contributed by atoms with E-state index in [0.717, 1.165) is 19.1 Å². The number of nitrogens with two attached hydrogens (primary N) is 1. The lowest BCUT2D eigenvalue weighted by Gasteiger charge is -2.13. The molecule has 21 heavy (non-hydrogen) atoms. The Kier molecular flexibility index (Phi) is 4.87. The first-order valence-corrected chi connectivity index (χ1v) is 8.31. The number of hydrogen-bond donors (Lipinski definition) is 4. The second kappa shape index (κ2) is 6.46. The lowest BCUT2D eigenvalue weighted by atomic mass is 10.3. The van der Waals surface area contributed by atoms with Crippen LogP contribution in [0, 0.1) is 11.3 Å². The molecule has 1 aromatic carbocycles. The van der Waals surface area contributed by atoms with Crippen molar-refractivity contribution in [1.29, 1.82) is 5.41 Å². The van der Waals surface area contributed by atoms with Crippen LogP contribution in [-0.2, 0) is 10.0 Å². The summed E-state index contributed by atoms with van der Waals surface area (Å²) in [4.78, 5) is 0.100. The molecule has 0 heterocycles. The minimum absolute atomic E-state index is 0.00754. The Hall–Kier alpha value is -1.57. The smallest absolute Gasteiger partial charge is 0.242 e. The Morgan fingerprint density at radius 2 is 2.10 bits per heavy atom. The van der Waals surface area contributed by atoms with Crippen LogP contribution in [0.5, 0.6) is 0 Å². The average molecular weight is 329 g/mol. The van der Waals surface area contributed by atoms with Crippen molar-refractivity contribution in [3.63, 3.8) is 0 Å². The molecule has 6 nitrogen and oxygen atoms in total. The topological polar surface area (TPSA) is 108 Å². The number of hydrogen-bond acceptors (Lipinski definition) is 5. The first-order chi connectivity index (χ1) is 9.94. The molecule has 0 spiro atoms. The summed E-state index contributed by atoms with van der Waals surface area (Å²) >= 11 is 5.73. The molecule has 0 unspecified atom stereocenters. The van der Waals surface area contributed by atoms with Crippen molar-refractivity contribution in [2.45, 2.75) is 17.7 Å². The summed E-state index contributed by atoms with van der Waals surface area (Å²) < 4.78 is 27.2. The molecular formula is C13H17ClN4O2S. The fraction of sp³-hybridized carbons (Fsp3) is 0.308. The van der Waals surface area contributed by atoms with Crippen LogP contribution in [-0.4, -0.2) is 21.2 Å². The van der Waals surface area contributed by atoms with E-state index < -0.39 is 10.0 Å². The molecule has 1 aromatic rings. The van der Waals surface area contributed by atoms with Gasteiger partial charge in [-0.1, -0.05) is 23.7 Å². The van der Waals surface area contributed by atoms with E-state index in [4.69, 9.17) is 22.7 Å². The van der Waals surface area contributed by atoms with E-state index in [0.29, 0.717) is 18.2 Å². The van der Waals surface area contributed by atoms with E-state index in [1.54, 1.807) is 18.2 Å². The van der Waals surface area contributed by atoms with Crippen molar-refractivity contribution in [3.8, 4) is 0 Å².